The lowest BCUT2D eigenvalue weighted by Gasteiger charge is -2.41. The number of likely N-dealkylation sites (N-methyl/N-ethyl adjacent to an activating group) is 2. The molecule has 1 heterocycles. The Morgan fingerprint density at radius 3 is 2.16 bits per heavy atom. The molecular weight excluding hydrogens is 652 g/mol. The van der Waals surface area contributed by atoms with Crippen LogP contribution in [0.2, 0.25) is 0 Å². The Kier molecular flexibility index (Phi) is 17.0. The molecule has 13 nitrogen and oxygen atoms in total. The van der Waals surface area contributed by atoms with Crippen LogP contribution in [0.4, 0.5) is 0 Å². The predicted octanol–water partition coefficient (Wildman–Crippen LogP) is 2.26. The van der Waals surface area contributed by atoms with Crippen LogP contribution in [0.25, 0.3) is 0 Å². The average Bonchev–Trinajstić information content (AvgIpc) is 3.59. The van der Waals surface area contributed by atoms with Crippen molar-refractivity contribution in [2.75, 3.05) is 34.9 Å². The molecule has 13 heteroatoms. The van der Waals surface area contributed by atoms with Crippen molar-refractivity contribution in [2.24, 2.45) is 23.5 Å². The van der Waals surface area contributed by atoms with E-state index in [1.54, 1.807) is 51.8 Å². The fourth-order valence-electron chi connectivity index (χ4n) is 6.85. The van der Waals surface area contributed by atoms with Gasteiger partial charge in [0, 0.05) is 34.2 Å². The Hall–Kier alpha value is -3.55. The van der Waals surface area contributed by atoms with Crippen LogP contribution in [0.1, 0.15) is 79.7 Å². The zero-order valence-electron chi connectivity index (χ0n) is 32.7. The van der Waals surface area contributed by atoms with Crippen LogP contribution in [-0.2, 0) is 39.9 Å². The molecule has 5 N–H and O–H groups in total. The summed E-state index contributed by atoms with van der Waals surface area (Å²) >= 11 is 0. The molecule has 1 aromatic carbocycles. The van der Waals surface area contributed by atoms with E-state index in [0.29, 0.717) is 13.0 Å². The van der Waals surface area contributed by atoms with E-state index in [-0.39, 0.29) is 48.4 Å². The minimum absolute atomic E-state index is 0.00293. The fraction of sp³-hybridized carbons (Fsp3) is 0.711. The van der Waals surface area contributed by atoms with Gasteiger partial charge < -0.3 is 41.0 Å². The number of nitrogens with two attached hydrogens (primary N) is 1. The van der Waals surface area contributed by atoms with Gasteiger partial charge in [0.25, 0.3) is 0 Å². The number of carbonyl (C=O) groups excluding carboxylic acids is 5. The van der Waals surface area contributed by atoms with Crippen LogP contribution in [0, 0.1) is 17.8 Å². The van der Waals surface area contributed by atoms with Gasteiger partial charge in [-0.3, -0.25) is 24.0 Å². The summed E-state index contributed by atoms with van der Waals surface area (Å²) in [5, 5.41) is 8.72. The molecule has 5 amide bonds. The molecule has 0 spiro atoms. The first-order valence-electron chi connectivity index (χ1n) is 18.2. The standard InChI is InChI=1S/C38H64N6O7/c1-12-24(4)32(43(9)36(48)31(23(2)3)42-37(49)38(6,7)40-8)29(50-10)22-30(45)44-20-16-19-28(44)33(51-11)25(5)35(47)41-27(34(39)46)21-26-17-14-13-15-18-26/h13-15,17-18,23-25,27-29,31-33,40H,12,16,19-22H2,1-11H3,(H2,39,46)(H,41,47)(H,42,49)/t24-,25+,27-,28-,29+,31-,32-,33+/m0/s1. The summed E-state index contributed by atoms with van der Waals surface area (Å²) in [4.78, 5) is 70.4. The maximum Gasteiger partial charge on any atom is 0.245 e. The normalized spacial score (nSPS) is 19.0. The van der Waals surface area contributed by atoms with Crippen molar-refractivity contribution in [3.8, 4) is 0 Å². The second-order valence-electron chi connectivity index (χ2n) is 14.8. The Morgan fingerprint density at radius 1 is 1.02 bits per heavy atom. The Morgan fingerprint density at radius 2 is 1.65 bits per heavy atom. The van der Waals surface area contributed by atoms with Gasteiger partial charge in [-0.15, -0.1) is 0 Å². The van der Waals surface area contributed by atoms with Crippen molar-refractivity contribution in [1.82, 2.24) is 25.8 Å². The highest BCUT2D eigenvalue weighted by molar-refractivity contribution is 5.92. The molecule has 1 saturated heterocycles. The monoisotopic (exact) mass is 716 g/mol. The highest BCUT2D eigenvalue weighted by Crippen LogP contribution is 2.29. The van der Waals surface area contributed by atoms with Crippen LogP contribution in [0.3, 0.4) is 0 Å². The van der Waals surface area contributed by atoms with E-state index >= 15 is 0 Å². The molecule has 0 aliphatic carbocycles. The molecule has 1 fully saturated rings. The van der Waals surface area contributed by atoms with E-state index in [9.17, 15) is 24.0 Å². The second-order valence-corrected chi connectivity index (χ2v) is 14.8. The molecule has 1 aliphatic rings. The first-order valence-corrected chi connectivity index (χ1v) is 18.2. The summed E-state index contributed by atoms with van der Waals surface area (Å²) in [5.41, 5.74) is 5.65. The van der Waals surface area contributed by atoms with E-state index in [4.69, 9.17) is 15.2 Å². The number of methoxy groups -OCH3 is 2. The molecule has 0 aromatic heterocycles. The number of ether oxygens (including phenoxy) is 2. The van der Waals surface area contributed by atoms with Crippen molar-refractivity contribution in [2.45, 2.75) is 122 Å². The van der Waals surface area contributed by atoms with E-state index in [0.717, 1.165) is 18.4 Å². The number of primary amides is 1. The Labute approximate surface area is 305 Å². The third-order valence-electron chi connectivity index (χ3n) is 10.6. The van der Waals surface area contributed by atoms with Gasteiger partial charge in [0.1, 0.15) is 12.1 Å². The minimum atomic E-state index is -0.903. The van der Waals surface area contributed by atoms with Crippen LogP contribution >= 0.6 is 0 Å². The number of hydrogen-bond donors (Lipinski definition) is 4. The Bertz CT molecular complexity index is 1310. The van der Waals surface area contributed by atoms with Crippen molar-refractivity contribution < 1.29 is 33.4 Å². The summed E-state index contributed by atoms with van der Waals surface area (Å²) in [5.74, 6) is -2.67. The van der Waals surface area contributed by atoms with Crippen LogP contribution < -0.4 is 21.7 Å². The van der Waals surface area contributed by atoms with Crippen molar-refractivity contribution in [3.63, 3.8) is 0 Å². The van der Waals surface area contributed by atoms with Gasteiger partial charge in [0.2, 0.25) is 29.5 Å². The molecule has 0 radical (unpaired) electrons. The number of likely N-dealkylation sites (tertiary alicyclic amines) is 1. The molecule has 0 bridgehead atoms. The third kappa shape index (κ3) is 11.5. The summed E-state index contributed by atoms with van der Waals surface area (Å²) in [7, 11) is 6.46. The van der Waals surface area contributed by atoms with E-state index in [1.165, 1.54) is 7.11 Å². The lowest BCUT2D eigenvalue weighted by atomic mass is 9.89. The minimum Gasteiger partial charge on any atom is -0.379 e. The average molecular weight is 717 g/mol. The van der Waals surface area contributed by atoms with Crippen molar-refractivity contribution >= 4 is 29.5 Å². The number of amides is 5. The number of hydrogen-bond acceptors (Lipinski definition) is 8. The number of nitrogens with one attached hydrogen (secondary N) is 3. The van der Waals surface area contributed by atoms with Gasteiger partial charge in [0.15, 0.2) is 0 Å². The van der Waals surface area contributed by atoms with Gasteiger partial charge in [-0.05, 0) is 51.1 Å². The molecule has 0 saturated carbocycles. The van der Waals surface area contributed by atoms with Crippen LogP contribution in [-0.4, -0.2) is 116 Å². The summed E-state index contributed by atoms with van der Waals surface area (Å²) in [6, 6.07) is 6.77. The molecule has 51 heavy (non-hydrogen) atoms. The second kappa shape index (κ2) is 19.9. The molecule has 8 atom stereocenters. The zero-order valence-corrected chi connectivity index (χ0v) is 32.7. The van der Waals surface area contributed by atoms with E-state index in [1.807, 2.05) is 58.0 Å². The van der Waals surface area contributed by atoms with Gasteiger partial charge >= 0.3 is 0 Å². The van der Waals surface area contributed by atoms with Gasteiger partial charge in [-0.1, -0.05) is 71.4 Å². The van der Waals surface area contributed by atoms with Crippen molar-refractivity contribution in [1.29, 1.82) is 0 Å². The molecule has 288 valence electrons. The number of rotatable bonds is 20. The maximum absolute atomic E-state index is 14.1. The molecule has 1 aromatic rings. The lowest BCUT2D eigenvalue weighted by Crippen LogP contribution is -2.61. The topological polar surface area (TPSA) is 172 Å². The molecule has 1 aliphatic heterocycles. The first-order chi connectivity index (χ1) is 23.9. The number of carbonyl (C=O) groups is 5. The number of nitrogens with zero attached hydrogens (tertiary/aromatic N) is 2. The van der Waals surface area contributed by atoms with Crippen molar-refractivity contribution in [3.05, 3.63) is 35.9 Å². The summed E-state index contributed by atoms with van der Waals surface area (Å²) < 4.78 is 11.9. The van der Waals surface area contributed by atoms with Gasteiger partial charge in [-0.2, -0.15) is 0 Å². The summed E-state index contributed by atoms with van der Waals surface area (Å²) in [6.45, 7) is 13.5. The van der Waals surface area contributed by atoms with Crippen LogP contribution in [0.15, 0.2) is 30.3 Å². The smallest absolute Gasteiger partial charge is 0.245 e. The first kappa shape index (κ1) is 43.6. The Balaban J connectivity index is 2.26. The summed E-state index contributed by atoms with van der Waals surface area (Å²) in [6.07, 6.45) is 1.06. The van der Waals surface area contributed by atoms with Crippen LogP contribution in [0.5, 0.6) is 0 Å². The van der Waals surface area contributed by atoms with Gasteiger partial charge in [-0.25, -0.2) is 0 Å². The third-order valence-corrected chi connectivity index (χ3v) is 10.6. The number of benzene rings is 1. The SMILES string of the molecule is CC[C@H](C)[C@@H]([C@@H](CC(=O)N1CCC[C@H]1[C@H](OC)[C@@H](C)C(=O)N[C@@H](Cc1ccccc1)C(N)=O)OC)N(C)C(=O)[C@@H](NC(=O)C(C)(C)NC)C(C)C. The largest absolute Gasteiger partial charge is 0.379 e. The van der Waals surface area contributed by atoms with E-state index < -0.39 is 53.6 Å². The quantitative estimate of drug-likeness (QED) is 0.159. The highest BCUT2D eigenvalue weighted by atomic mass is 16.5. The maximum atomic E-state index is 14.1. The van der Waals surface area contributed by atoms with E-state index in [2.05, 4.69) is 16.0 Å². The highest BCUT2D eigenvalue weighted by Gasteiger charge is 2.43. The lowest BCUT2D eigenvalue weighted by molar-refractivity contribution is -0.148. The zero-order chi connectivity index (χ0) is 38.6. The molecular formula is C38H64N6O7. The predicted molar refractivity (Wildman–Crippen MR) is 197 cm³/mol. The molecule has 0 unspecified atom stereocenters. The molecule has 2 rings (SSSR count). The van der Waals surface area contributed by atoms with Gasteiger partial charge in [0.05, 0.1) is 42.2 Å². The fourth-order valence-corrected chi connectivity index (χ4v) is 6.85.